The summed E-state index contributed by atoms with van der Waals surface area (Å²) in [6.07, 6.45) is 3.10. The molecule has 0 aliphatic carbocycles. The van der Waals surface area contributed by atoms with Crippen LogP contribution in [0.3, 0.4) is 0 Å². The van der Waals surface area contributed by atoms with Crippen LogP contribution >= 0.6 is 0 Å². The van der Waals surface area contributed by atoms with Crippen molar-refractivity contribution in [2.75, 3.05) is 32.8 Å². The normalized spacial score (nSPS) is 14.7. The smallest absolute Gasteiger partial charge is 0.253 e. The maximum Gasteiger partial charge on any atom is 0.253 e. The predicted molar refractivity (Wildman–Crippen MR) is 119 cm³/mol. The number of carbonyl (C=O) groups is 1. The van der Waals surface area contributed by atoms with E-state index >= 15 is 0 Å². The van der Waals surface area contributed by atoms with Crippen molar-refractivity contribution in [3.63, 3.8) is 0 Å². The first-order valence-corrected chi connectivity index (χ1v) is 10.8. The number of carbonyl (C=O) groups excluding carboxylic acids is 1. The molecular formula is C25H34N2O2. The van der Waals surface area contributed by atoms with Crippen molar-refractivity contribution in [2.24, 2.45) is 0 Å². The molecule has 1 aliphatic heterocycles. The van der Waals surface area contributed by atoms with Crippen molar-refractivity contribution in [2.45, 2.75) is 45.4 Å². The Morgan fingerprint density at radius 2 is 1.76 bits per heavy atom. The van der Waals surface area contributed by atoms with Crippen LogP contribution < -0.4 is 10.1 Å². The Balaban J connectivity index is 1.40. The first-order valence-electron chi connectivity index (χ1n) is 10.8. The second-order valence-corrected chi connectivity index (χ2v) is 8.82. The quantitative estimate of drug-likeness (QED) is 0.706. The zero-order valence-electron chi connectivity index (χ0n) is 18.0. The zero-order valence-corrected chi connectivity index (χ0v) is 18.0. The number of piperazine rings is 1. The number of rotatable bonds is 7. The molecule has 1 N–H and O–H groups in total. The minimum atomic E-state index is 0.137. The fourth-order valence-corrected chi connectivity index (χ4v) is 3.54. The predicted octanol–water partition coefficient (Wildman–Crippen LogP) is 4.43. The molecule has 2 aromatic carbocycles. The molecule has 4 nitrogen and oxygen atoms in total. The minimum Gasteiger partial charge on any atom is -0.494 e. The highest BCUT2D eigenvalue weighted by Crippen LogP contribution is 2.25. The van der Waals surface area contributed by atoms with Gasteiger partial charge in [0.15, 0.2) is 0 Å². The SMILES string of the molecule is CC(C)(C)c1cccc(OCCCCc2ccc(C(=O)N3CCNCC3)cc2)c1. The van der Waals surface area contributed by atoms with E-state index in [-0.39, 0.29) is 11.3 Å². The molecule has 2 aromatic rings. The molecule has 0 radical (unpaired) electrons. The highest BCUT2D eigenvalue weighted by Gasteiger charge is 2.17. The third-order valence-corrected chi connectivity index (χ3v) is 5.43. The molecule has 156 valence electrons. The van der Waals surface area contributed by atoms with E-state index in [1.807, 2.05) is 23.1 Å². The highest BCUT2D eigenvalue weighted by molar-refractivity contribution is 5.94. The second-order valence-electron chi connectivity index (χ2n) is 8.82. The molecule has 1 heterocycles. The number of benzene rings is 2. The molecule has 3 rings (SSSR count). The van der Waals surface area contributed by atoms with Crippen LogP contribution in [-0.2, 0) is 11.8 Å². The lowest BCUT2D eigenvalue weighted by atomic mass is 9.87. The molecule has 1 fully saturated rings. The summed E-state index contributed by atoms with van der Waals surface area (Å²) in [4.78, 5) is 14.4. The van der Waals surface area contributed by atoms with E-state index < -0.39 is 0 Å². The van der Waals surface area contributed by atoms with Crippen molar-refractivity contribution >= 4 is 5.91 Å². The summed E-state index contributed by atoms with van der Waals surface area (Å²) in [5.74, 6) is 1.09. The Labute approximate surface area is 175 Å². The number of nitrogens with one attached hydrogen (secondary N) is 1. The summed E-state index contributed by atoms with van der Waals surface area (Å²) >= 11 is 0. The Morgan fingerprint density at radius 3 is 2.45 bits per heavy atom. The van der Waals surface area contributed by atoms with Gasteiger partial charge in [-0.25, -0.2) is 0 Å². The Morgan fingerprint density at radius 1 is 1.03 bits per heavy atom. The van der Waals surface area contributed by atoms with Crippen LogP contribution in [0.25, 0.3) is 0 Å². The molecule has 0 spiro atoms. The Hall–Kier alpha value is -2.33. The van der Waals surface area contributed by atoms with Crippen LogP contribution in [-0.4, -0.2) is 43.6 Å². The third-order valence-electron chi connectivity index (χ3n) is 5.43. The molecule has 1 saturated heterocycles. The standard InChI is InChI=1S/C25H34N2O2/c1-25(2,3)22-8-6-9-23(19-22)29-18-5-4-7-20-10-12-21(13-11-20)24(28)27-16-14-26-15-17-27/h6,8-13,19,26H,4-5,7,14-18H2,1-3H3. The van der Waals surface area contributed by atoms with Gasteiger partial charge in [0.05, 0.1) is 6.61 Å². The van der Waals surface area contributed by atoms with E-state index in [0.717, 1.165) is 63.4 Å². The van der Waals surface area contributed by atoms with Crippen molar-refractivity contribution in [3.05, 3.63) is 65.2 Å². The van der Waals surface area contributed by atoms with Crippen LogP contribution in [0.4, 0.5) is 0 Å². The molecule has 1 amide bonds. The van der Waals surface area contributed by atoms with Gasteiger partial charge in [-0.2, -0.15) is 0 Å². The maximum absolute atomic E-state index is 12.5. The summed E-state index contributed by atoms with van der Waals surface area (Å²) in [5.41, 5.74) is 3.50. The number of unbranched alkanes of at least 4 members (excludes halogenated alkanes) is 1. The van der Waals surface area contributed by atoms with Crippen LogP contribution in [0.15, 0.2) is 48.5 Å². The number of amides is 1. The Bertz CT molecular complexity index is 787. The third kappa shape index (κ3) is 6.33. The van der Waals surface area contributed by atoms with Crippen LogP contribution in [0.1, 0.15) is 55.1 Å². The fourth-order valence-electron chi connectivity index (χ4n) is 3.54. The van der Waals surface area contributed by atoms with Gasteiger partial charge in [0.25, 0.3) is 5.91 Å². The highest BCUT2D eigenvalue weighted by atomic mass is 16.5. The lowest BCUT2D eigenvalue weighted by Crippen LogP contribution is -2.46. The van der Waals surface area contributed by atoms with Crippen LogP contribution in [0, 0.1) is 0 Å². The summed E-state index contributed by atoms with van der Waals surface area (Å²) in [6.45, 7) is 10.7. The van der Waals surface area contributed by atoms with Crippen molar-refractivity contribution in [3.8, 4) is 5.75 Å². The van der Waals surface area contributed by atoms with Gasteiger partial charge in [0, 0.05) is 31.7 Å². The van der Waals surface area contributed by atoms with Gasteiger partial charge in [0.1, 0.15) is 5.75 Å². The topological polar surface area (TPSA) is 41.6 Å². The number of ether oxygens (including phenoxy) is 1. The molecule has 4 heteroatoms. The summed E-state index contributed by atoms with van der Waals surface area (Å²) in [6, 6.07) is 16.5. The Kier molecular flexibility index (Phi) is 7.32. The molecule has 0 bridgehead atoms. The molecule has 0 unspecified atom stereocenters. The number of hydrogen-bond donors (Lipinski definition) is 1. The lowest BCUT2D eigenvalue weighted by molar-refractivity contribution is 0.0736. The van der Waals surface area contributed by atoms with Gasteiger partial charge in [-0.15, -0.1) is 0 Å². The van der Waals surface area contributed by atoms with Crippen molar-refractivity contribution in [1.29, 1.82) is 0 Å². The number of nitrogens with zero attached hydrogens (tertiary/aromatic N) is 1. The minimum absolute atomic E-state index is 0.137. The lowest BCUT2D eigenvalue weighted by Gasteiger charge is -2.27. The van der Waals surface area contributed by atoms with Gasteiger partial charge in [0.2, 0.25) is 0 Å². The second kappa shape index (κ2) is 9.93. The van der Waals surface area contributed by atoms with Crippen molar-refractivity contribution < 1.29 is 9.53 Å². The van der Waals surface area contributed by atoms with Gasteiger partial charge < -0.3 is 15.0 Å². The molecule has 29 heavy (non-hydrogen) atoms. The molecular weight excluding hydrogens is 360 g/mol. The van der Waals surface area contributed by atoms with Crippen LogP contribution in [0.2, 0.25) is 0 Å². The van der Waals surface area contributed by atoms with Crippen molar-refractivity contribution in [1.82, 2.24) is 10.2 Å². The molecule has 0 saturated carbocycles. The van der Waals surface area contributed by atoms with Crippen LogP contribution in [0.5, 0.6) is 5.75 Å². The van der Waals surface area contributed by atoms with Gasteiger partial charge in [-0.3, -0.25) is 4.79 Å². The van der Waals surface area contributed by atoms with Gasteiger partial charge in [-0.05, 0) is 60.1 Å². The average molecular weight is 395 g/mol. The van der Waals surface area contributed by atoms with E-state index in [9.17, 15) is 4.79 Å². The van der Waals surface area contributed by atoms with E-state index in [1.165, 1.54) is 11.1 Å². The van der Waals surface area contributed by atoms with Gasteiger partial charge in [-0.1, -0.05) is 45.0 Å². The van der Waals surface area contributed by atoms with E-state index in [0.29, 0.717) is 0 Å². The fraction of sp³-hybridized carbons (Fsp3) is 0.480. The average Bonchev–Trinajstić information content (AvgIpc) is 2.74. The summed E-state index contributed by atoms with van der Waals surface area (Å²) in [5, 5.41) is 3.28. The first kappa shape index (κ1) is 21.4. The molecule has 1 aliphatic rings. The number of aryl methyl sites for hydroxylation is 1. The largest absolute Gasteiger partial charge is 0.494 e. The van der Waals surface area contributed by atoms with E-state index in [4.69, 9.17) is 4.74 Å². The van der Waals surface area contributed by atoms with Gasteiger partial charge >= 0.3 is 0 Å². The molecule has 0 aromatic heterocycles. The monoisotopic (exact) mass is 394 g/mol. The van der Waals surface area contributed by atoms with E-state index in [1.54, 1.807) is 0 Å². The zero-order chi connectivity index (χ0) is 20.7. The summed E-state index contributed by atoms with van der Waals surface area (Å²) in [7, 11) is 0. The number of hydrogen-bond acceptors (Lipinski definition) is 3. The summed E-state index contributed by atoms with van der Waals surface area (Å²) < 4.78 is 5.94. The first-order chi connectivity index (χ1) is 13.9. The van der Waals surface area contributed by atoms with E-state index in [2.05, 4.69) is 56.4 Å². The maximum atomic E-state index is 12.5. The molecule has 0 atom stereocenters.